The summed E-state index contributed by atoms with van der Waals surface area (Å²) >= 11 is 2.09. The summed E-state index contributed by atoms with van der Waals surface area (Å²) in [6.45, 7) is 9.07. The molecule has 0 aromatic carbocycles. The molecule has 84 valence electrons. The third-order valence-electron chi connectivity index (χ3n) is 3.27. The van der Waals surface area contributed by atoms with Crippen molar-refractivity contribution in [1.82, 2.24) is 4.90 Å². The fourth-order valence-corrected chi connectivity index (χ4v) is 2.74. The standard InChI is InChI=1S/C11H24N2S/c1-3-11(2,9-12)10-13-5-4-7-14-8-6-13/h3-10,12H2,1-2H3. The van der Waals surface area contributed by atoms with E-state index in [0.717, 1.165) is 6.54 Å². The first-order chi connectivity index (χ1) is 6.70. The van der Waals surface area contributed by atoms with Gasteiger partial charge in [-0.1, -0.05) is 13.8 Å². The Morgan fingerprint density at radius 1 is 1.36 bits per heavy atom. The maximum atomic E-state index is 5.84. The van der Waals surface area contributed by atoms with E-state index in [9.17, 15) is 0 Å². The molecule has 0 aliphatic carbocycles. The minimum absolute atomic E-state index is 0.328. The molecule has 1 aliphatic rings. The van der Waals surface area contributed by atoms with E-state index in [-0.39, 0.29) is 0 Å². The van der Waals surface area contributed by atoms with Gasteiger partial charge in [-0.3, -0.25) is 0 Å². The van der Waals surface area contributed by atoms with E-state index in [1.54, 1.807) is 0 Å². The molecule has 1 heterocycles. The number of nitrogens with zero attached hydrogens (tertiary/aromatic N) is 1. The molecule has 1 atom stereocenters. The van der Waals surface area contributed by atoms with Crippen LogP contribution in [0.2, 0.25) is 0 Å². The Morgan fingerprint density at radius 2 is 2.14 bits per heavy atom. The first kappa shape index (κ1) is 12.3. The Kier molecular flexibility index (Phi) is 5.28. The smallest absolute Gasteiger partial charge is 0.00726 e. The van der Waals surface area contributed by atoms with E-state index in [1.165, 1.54) is 44.0 Å². The molecule has 1 rings (SSSR count). The summed E-state index contributed by atoms with van der Waals surface area (Å²) in [4.78, 5) is 2.59. The lowest BCUT2D eigenvalue weighted by molar-refractivity contribution is 0.173. The highest BCUT2D eigenvalue weighted by atomic mass is 32.2. The van der Waals surface area contributed by atoms with Crippen molar-refractivity contribution in [3.8, 4) is 0 Å². The van der Waals surface area contributed by atoms with Gasteiger partial charge in [0.05, 0.1) is 0 Å². The summed E-state index contributed by atoms with van der Waals surface area (Å²) in [6.07, 6.45) is 2.53. The average molecular weight is 216 g/mol. The SMILES string of the molecule is CCC(C)(CN)CN1CCCSCC1. The molecule has 2 nitrogen and oxygen atoms in total. The molecule has 1 fully saturated rings. The molecule has 0 aromatic heterocycles. The molecule has 0 aromatic rings. The minimum atomic E-state index is 0.328. The maximum Gasteiger partial charge on any atom is 0.00726 e. The molecule has 0 saturated carbocycles. The van der Waals surface area contributed by atoms with Crippen molar-refractivity contribution in [3.05, 3.63) is 0 Å². The second kappa shape index (κ2) is 5.99. The topological polar surface area (TPSA) is 29.3 Å². The predicted octanol–water partition coefficient (Wildman–Crippen LogP) is 1.80. The molecule has 2 N–H and O–H groups in total. The van der Waals surface area contributed by atoms with Crippen LogP contribution in [0.25, 0.3) is 0 Å². The predicted molar refractivity (Wildman–Crippen MR) is 65.8 cm³/mol. The van der Waals surface area contributed by atoms with E-state index in [2.05, 4.69) is 30.5 Å². The van der Waals surface area contributed by atoms with Crippen molar-refractivity contribution in [2.45, 2.75) is 26.7 Å². The molecule has 0 bridgehead atoms. The highest BCUT2D eigenvalue weighted by Gasteiger charge is 2.23. The van der Waals surface area contributed by atoms with E-state index >= 15 is 0 Å². The van der Waals surface area contributed by atoms with Crippen LogP contribution in [-0.4, -0.2) is 42.6 Å². The molecule has 1 aliphatic heterocycles. The lowest BCUT2D eigenvalue weighted by Crippen LogP contribution is -2.41. The number of thioether (sulfide) groups is 1. The zero-order valence-electron chi connectivity index (χ0n) is 9.59. The summed E-state index contributed by atoms with van der Waals surface area (Å²) in [5.41, 5.74) is 6.17. The number of hydrogen-bond donors (Lipinski definition) is 1. The Labute approximate surface area is 92.6 Å². The third kappa shape index (κ3) is 3.79. The Balaban J connectivity index is 2.39. The summed E-state index contributed by atoms with van der Waals surface area (Å²) in [6, 6.07) is 0. The van der Waals surface area contributed by atoms with Crippen LogP contribution in [0.4, 0.5) is 0 Å². The number of rotatable bonds is 4. The van der Waals surface area contributed by atoms with Crippen LogP contribution >= 0.6 is 11.8 Å². The average Bonchev–Trinajstić information content (AvgIpc) is 2.46. The van der Waals surface area contributed by atoms with Gasteiger partial charge < -0.3 is 10.6 Å². The van der Waals surface area contributed by atoms with Crippen molar-refractivity contribution >= 4 is 11.8 Å². The Hall–Kier alpha value is 0.270. The normalized spacial score (nSPS) is 24.2. The highest BCUT2D eigenvalue weighted by molar-refractivity contribution is 7.99. The van der Waals surface area contributed by atoms with Gasteiger partial charge in [0.1, 0.15) is 0 Å². The van der Waals surface area contributed by atoms with Crippen LogP contribution < -0.4 is 5.73 Å². The van der Waals surface area contributed by atoms with Gasteiger partial charge in [0.2, 0.25) is 0 Å². The van der Waals surface area contributed by atoms with Crippen LogP contribution in [0.5, 0.6) is 0 Å². The second-order valence-corrected chi connectivity index (χ2v) is 5.84. The van der Waals surface area contributed by atoms with Gasteiger partial charge in [-0.05, 0) is 37.1 Å². The fraction of sp³-hybridized carbons (Fsp3) is 1.00. The lowest BCUT2D eigenvalue weighted by atomic mass is 9.87. The number of hydrogen-bond acceptors (Lipinski definition) is 3. The maximum absolute atomic E-state index is 5.84. The van der Waals surface area contributed by atoms with Gasteiger partial charge in [0.25, 0.3) is 0 Å². The van der Waals surface area contributed by atoms with Crippen LogP contribution in [0.15, 0.2) is 0 Å². The molecule has 14 heavy (non-hydrogen) atoms. The summed E-state index contributed by atoms with van der Waals surface area (Å²) in [7, 11) is 0. The van der Waals surface area contributed by atoms with Gasteiger partial charge in [-0.2, -0.15) is 11.8 Å². The summed E-state index contributed by atoms with van der Waals surface area (Å²) in [5.74, 6) is 2.63. The van der Waals surface area contributed by atoms with Crippen LogP contribution in [-0.2, 0) is 0 Å². The number of nitrogens with two attached hydrogens (primary N) is 1. The van der Waals surface area contributed by atoms with E-state index in [0.29, 0.717) is 5.41 Å². The van der Waals surface area contributed by atoms with Gasteiger partial charge in [-0.15, -0.1) is 0 Å². The van der Waals surface area contributed by atoms with Crippen molar-refractivity contribution in [3.63, 3.8) is 0 Å². The van der Waals surface area contributed by atoms with Crippen molar-refractivity contribution in [2.75, 3.05) is 37.7 Å². The van der Waals surface area contributed by atoms with E-state index in [1.807, 2.05) is 0 Å². The first-order valence-corrected chi connectivity index (χ1v) is 6.86. The monoisotopic (exact) mass is 216 g/mol. The zero-order chi connectivity index (χ0) is 10.4. The Bertz CT molecular complexity index is 149. The van der Waals surface area contributed by atoms with Gasteiger partial charge in [0, 0.05) is 18.8 Å². The third-order valence-corrected chi connectivity index (χ3v) is 4.32. The van der Waals surface area contributed by atoms with Gasteiger partial charge in [-0.25, -0.2) is 0 Å². The minimum Gasteiger partial charge on any atom is -0.330 e. The summed E-state index contributed by atoms with van der Waals surface area (Å²) < 4.78 is 0. The van der Waals surface area contributed by atoms with E-state index in [4.69, 9.17) is 5.73 Å². The van der Waals surface area contributed by atoms with Crippen molar-refractivity contribution < 1.29 is 0 Å². The van der Waals surface area contributed by atoms with Gasteiger partial charge in [0.15, 0.2) is 0 Å². The Morgan fingerprint density at radius 3 is 2.79 bits per heavy atom. The van der Waals surface area contributed by atoms with Crippen LogP contribution in [0, 0.1) is 5.41 Å². The van der Waals surface area contributed by atoms with Crippen LogP contribution in [0.3, 0.4) is 0 Å². The quantitative estimate of drug-likeness (QED) is 0.777. The summed E-state index contributed by atoms with van der Waals surface area (Å²) in [5, 5.41) is 0. The zero-order valence-corrected chi connectivity index (χ0v) is 10.4. The van der Waals surface area contributed by atoms with Gasteiger partial charge >= 0.3 is 0 Å². The van der Waals surface area contributed by atoms with Crippen LogP contribution in [0.1, 0.15) is 26.7 Å². The van der Waals surface area contributed by atoms with E-state index < -0.39 is 0 Å². The fourth-order valence-electron chi connectivity index (χ4n) is 1.82. The highest BCUT2D eigenvalue weighted by Crippen LogP contribution is 2.22. The molecule has 1 saturated heterocycles. The lowest BCUT2D eigenvalue weighted by Gasteiger charge is -2.33. The molecule has 0 spiro atoms. The second-order valence-electron chi connectivity index (χ2n) is 4.61. The van der Waals surface area contributed by atoms with Crippen molar-refractivity contribution in [2.24, 2.45) is 11.1 Å². The molecular weight excluding hydrogens is 192 g/mol. The molecule has 0 radical (unpaired) electrons. The largest absolute Gasteiger partial charge is 0.330 e. The molecule has 0 amide bonds. The first-order valence-electron chi connectivity index (χ1n) is 5.70. The molecular formula is C11H24N2S. The molecule has 1 unspecified atom stereocenters. The van der Waals surface area contributed by atoms with Crippen molar-refractivity contribution in [1.29, 1.82) is 0 Å². The molecule has 3 heteroatoms.